The minimum absolute atomic E-state index is 0.0660. The molecule has 0 unspecified atom stereocenters. The van der Waals surface area contributed by atoms with Gasteiger partial charge in [-0.3, -0.25) is 19.3 Å². The Morgan fingerprint density at radius 3 is 2.44 bits per heavy atom. The first-order chi connectivity index (χ1) is 15.4. The molecule has 0 N–H and O–H groups in total. The summed E-state index contributed by atoms with van der Waals surface area (Å²) in [5, 5.41) is 0. The molecule has 0 aromatic heterocycles. The van der Waals surface area contributed by atoms with Crippen molar-refractivity contribution in [3.8, 4) is 0 Å². The van der Waals surface area contributed by atoms with Crippen molar-refractivity contribution in [2.45, 2.75) is 19.4 Å². The number of hydrogen-bond donors (Lipinski definition) is 0. The van der Waals surface area contributed by atoms with Crippen LogP contribution in [0.3, 0.4) is 0 Å². The molecule has 2 heterocycles. The van der Waals surface area contributed by atoms with E-state index in [-0.39, 0.29) is 35.5 Å². The number of hydrogen-bond acceptors (Lipinski definition) is 3. The highest BCUT2D eigenvalue weighted by Crippen LogP contribution is 2.33. The van der Waals surface area contributed by atoms with Crippen LogP contribution in [0, 0.1) is 11.6 Å². The number of carbonyl (C=O) groups is 3. The average molecular weight is 432 g/mol. The SMILES string of the molecule is O=C1c2ccc(C(=O)N3CCCc4cc(F)cc(F)c43)cc2C(=O)N1Cc1ccccc1. The van der Waals surface area contributed by atoms with Crippen molar-refractivity contribution in [3.05, 3.63) is 100 Å². The molecule has 0 aliphatic carbocycles. The normalized spacial score (nSPS) is 15.1. The number of benzene rings is 3. The van der Waals surface area contributed by atoms with E-state index in [1.165, 1.54) is 29.2 Å². The molecule has 2 aliphatic heterocycles. The van der Waals surface area contributed by atoms with Crippen LogP contribution < -0.4 is 4.90 Å². The van der Waals surface area contributed by atoms with E-state index in [4.69, 9.17) is 0 Å². The summed E-state index contributed by atoms with van der Waals surface area (Å²) >= 11 is 0. The van der Waals surface area contributed by atoms with E-state index in [1.54, 1.807) is 0 Å². The summed E-state index contributed by atoms with van der Waals surface area (Å²) < 4.78 is 28.1. The summed E-state index contributed by atoms with van der Waals surface area (Å²) in [6, 6.07) is 15.5. The Bertz CT molecular complexity index is 1270. The summed E-state index contributed by atoms with van der Waals surface area (Å²) in [5.41, 5.74) is 1.86. The Morgan fingerprint density at radius 2 is 1.66 bits per heavy atom. The summed E-state index contributed by atoms with van der Waals surface area (Å²) in [7, 11) is 0. The number of rotatable bonds is 3. The topological polar surface area (TPSA) is 57.7 Å². The standard InChI is InChI=1S/C25H18F2N2O3/c26-18-11-16-7-4-10-28(22(16)21(27)13-18)23(30)17-8-9-19-20(12-17)25(32)29(24(19)31)14-15-5-2-1-3-6-15/h1-3,5-6,8-9,11-13H,4,7,10,14H2. The van der Waals surface area contributed by atoms with Crippen LogP contribution in [-0.4, -0.2) is 29.2 Å². The van der Waals surface area contributed by atoms with Crippen LogP contribution >= 0.6 is 0 Å². The van der Waals surface area contributed by atoms with E-state index in [2.05, 4.69) is 0 Å². The van der Waals surface area contributed by atoms with Gasteiger partial charge in [-0.25, -0.2) is 8.78 Å². The second kappa shape index (κ2) is 7.67. The molecule has 2 aliphatic rings. The lowest BCUT2D eigenvalue weighted by atomic mass is 9.99. The van der Waals surface area contributed by atoms with Gasteiger partial charge in [-0.2, -0.15) is 0 Å². The van der Waals surface area contributed by atoms with E-state index >= 15 is 0 Å². The van der Waals surface area contributed by atoms with Gasteiger partial charge in [0.25, 0.3) is 17.7 Å². The Labute approximate surface area is 182 Å². The smallest absolute Gasteiger partial charge is 0.261 e. The molecule has 0 bridgehead atoms. The molecule has 3 aromatic rings. The third-order valence-corrected chi connectivity index (χ3v) is 5.85. The van der Waals surface area contributed by atoms with Crippen LogP contribution in [0.2, 0.25) is 0 Å². The van der Waals surface area contributed by atoms with Crippen LogP contribution in [0.25, 0.3) is 0 Å². The van der Waals surface area contributed by atoms with Crippen LogP contribution in [0.1, 0.15) is 48.6 Å². The third kappa shape index (κ3) is 3.26. The molecule has 0 saturated heterocycles. The molecule has 0 fully saturated rings. The molecule has 7 heteroatoms. The van der Waals surface area contributed by atoms with Crippen molar-refractivity contribution >= 4 is 23.4 Å². The maximum atomic E-state index is 14.5. The van der Waals surface area contributed by atoms with Crippen molar-refractivity contribution in [3.63, 3.8) is 0 Å². The number of carbonyl (C=O) groups excluding carboxylic acids is 3. The van der Waals surface area contributed by atoms with Gasteiger partial charge < -0.3 is 4.90 Å². The van der Waals surface area contributed by atoms with Gasteiger partial charge in [-0.05, 0) is 48.2 Å². The molecular formula is C25H18F2N2O3. The maximum Gasteiger partial charge on any atom is 0.261 e. The molecule has 0 saturated carbocycles. The number of nitrogens with zero attached hydrogens (tertiary/aromatic N) is 2. The molecule has 3 aromatic carbocycles. The average Bonchev–Trinajstić information content (AvgIpc) is 3.03. The Hall–Kier alpha value is -3.87. The van der Waals surface area contributed by atoms with Crippen LogP contribution in [0.4, 0.5) is 14.5 Å². The lowest BCUT2D eigenvalue weighted by molar-refractivity contribution is 0.0642. The number of anilines is 1. The number of aryl methyl sites for hydroxylation is 1. The first-order valence-electron chi connectivity index (χ1n) is 10.3. The quantitative estimate of drug-likeness (QED) is 0.578. The first-order valence-corrected chi connectivity index (χ1v) is 10.3. The highest BCUT2D eigenvalue weighted by molar-refractivity contribution is 6.22. The fourth-order valence-electron chi connectivity index (χ4n) is 4.34. The number of amides is 3. The van der Waals surface area contributed by atoms with E-state index in [9.17, 15) is 23.2 Å². The van der Waals surface area contributed by atoms with Crippen LogP contribution in [0.5, 0.6) is 0 Å². The molecule has 0 spiro atoms. The predicted octanol–water partition coefficient (Wildman–Crippen LogP) is 4.35. The van der Waals surface area contributed by atoms with Gasteiger partial charge >= 0.3 is 0 Å². The lowest BCUT2D eigenvalue weighted by Crippen LogP contribution is -2.36. The first kappa shape index (κ1) is 20.1. The van der Waals surface area contributed by atoms with E-state index in [1.807, 2.05) is 30.3 Å². The summed E-state index contributed by atoms with van der Waals surface area (Å²) in [6.45, 7) is 0.408. The van der Waals surface area contributed by atoms with Crippen molar-refractivity contribution in [1.29, 1.82) is 0 Å². The lowest BCUT2D eigenvalue weighted by Gasteiger charge is -2.30. The monoisotopic (exact) mass is 432 g/mol. The van der Waals surface area contributed by atoms with E-state index in [0.717, 1.165) is 16.5 Å². The summed E-state index contributed by atoms with van der Waals surface area (Å²) in [4.78, 5) is 41.3. The van der Waals surface area contributed by atoms with E-state index in [0.29, 0.717) is 18.4 Å². The molecule has 0 radical (unpaired) electrons. The zero-order valence-electron chi connectivity index (χ0n) is 17.0. The molecule has 5 nitrogen and oxygen atoms in total. The molecule has 32 heavy (non-hydrogen) atoms. The molecular weight excluding hydrogens is 414 g/mol. The van der Waals surface area contributed by atoms with Crippen LogP contribution in [-0.2, 0) is 13.0 Å². The second-order valence-electron chi connectivity index (χ2n) is 7.90. The van der Waals surface area contributed by atoms with Gasteiger partial charge in [0.05, 0.1) is 23.4 Å². The van der Waals surface area contributed by atoms with Gasteiger partial charge in [-0.1, -0.05) is 30.3 Å². The minimum Gasteiger partial charge on any atom is -0.305 e. The largest absolute Gasteiger partial charge is 0.305 e. The number of imide groups is 1. The van der Waals surface area contributed by atoms with Crippen molar-refractivity contribution < 1.29 is 23.2 Å². The van der Waals surface area contributed by atoms with Gasteiger partial charge in [0.2, 0.25) is 0 Å². The molecule has 3 amide bonds. The van der Waals surface area contributed by atoms with Crippen LogP contribution in [0.15, 0.2) is 60.7 Å². The summed E-state index contributed by atoms with van der Waals surface area (Å²) in [6.07, 6.45) is 1.04. The van der Waals surface area contributed by atoms with E-state index < -0.39 is 29.4 Å². The Balaban J connectivity index is 1.46. The van der Waals surface area contributed by atoms with Crippen molar-refractivity contribution in [2.24, 2.45) is 0 Å². The molecule has 0 atom stereocenters. The second-order valence-corrected chi connectivity index (χ2v) is 7.90. The predicted molar refractivity (Wildman–Crippen MR) is 113 cm³/mol. The Kier molecular flexibility index (Phi) is 4.81. The van der Waals surface area contributed by atoms with Gasteiger partial charge in [0.15, 0.2) is 0 Å². The van der Waals surface area contributed by atoms with Gasteiger partial charge in [0, 0.05) is 18.2 Å². The third-order valence-electron chi connectivity index (χ3n) is 5.85. The fourth-order valence-corrected chi connectivity index (χ4v) is 4.34. The molecule has 5 rings (SSSR count). The Morgan fingerprint density at radius 1 is 0.906 bits per heavy atom. The van der Waals surface area contributed by atoms with Crippen molar-refractivity contribution in [1.82, 2.24) is 4.90 Å². The van der Waals surface area contributed by atoms with Crippen molar-refractivity contribution in [2.75, 3.05) is 11.4 Å². The zero-order chi connectivity index (χ0) is 22.4. The zero-order valence-corrected chi connectivity index (χ0v) is 17.0. The number of halogens is 2. The summed E-state index contributed by atoms with van der Waals surface area (Å²) in [5.74, 6) is -2.88. The number of fused-ring (bicyclic) bond motifs is 2. The molecule has 160 valence electrons. The highest BCUT2D eigenvalue weighted by atomic mass is 19.1. The van der Waals surface area contributed by atoms with Gasteiger partial charge in [0.1, 0.15) is 11.6 Å². The van der Waals surface area contributed by atoms with Gasteiger partial charge in [-0.15, -0.1) is 0 Å². The fraction of sp³-hybridized carbons (Fsp3) is 0.160. The maximum absolute atomic E-state index is 14.5. The minimum atomic E-state index is -0.797. The highest BCUT2D eigenvalue weighted by Gasteiger charge is 2.37.